The van der Waals surface area contributed by atoms with Gasteiger partial charge in [0.15, 0.2) is 0 Å². The molecule has 2 atom stereocenters. The fraction of sp³-hybridized carbons (Fsp3) is 0.526. The lowest BCUT2D eigenvalue weighted by Crippen LogP contribution is -2.39. The molecule has 1 aromatic rings. The van der Waals surface area contributed by atoms with Crippen LogP contribution >= 0.6 is 0 Å². The van der Waals surface area contributed by atoms with Gasteiger partial charge in [-0.2, -0.15) is 0 Å². The molecule has 0 bridgehead atoms. The van der Waals surface area contributed by atoms with Crippen LogP contribution in [0.4, 0.5) is 0 Å². The van der Waals surface area contributed by atoms with E-state index in [1.807, 2.05) is 30.3 Å². The van der Waals surface area contributed by atoms with Crippen molar-refractivity contribution in [1.29, 1.82) is 0 Å². The summed E-state index contributed by atoms with van der Waals surface area (Å²) >= 11 is 0. The van der Waals surface area contributed by atoms with E-state index >= 15 is 0 Å². The molecule has 144 valence electrons. The van der Waals surface area contributed by atoms with E-state index in [9.17, 15) is 14.4 Å². The van der Waals surface area contributed by atoms with Gasteiger partial charge in [0.25, 0.3) is 0 Å². The molecule has 0 aromatic heterocycles. The van der Waals surface area contributed by atoms with Gasteiger partial charge >= 0.3 is 0 Å². The van der Waals surface area contributed by atoms with Crippen LogP contribution in [0.15, 0.2) is 30.3 Å². The van der Waals surface area contributed by atoms with Crippen LogP contribution in [0.2, 0.25) is 0 Å². The van der Waals surface area contributed by atoms with Crippen molar-refractivity contribution < 1.29 is 19.1 Å². The average Bonchev–Trinajstić information content (AvgIpc) is 2.61. The van der Waals surface area contributed by atoms with Crippen LogP contribution in [0.25, 0.3) is 0 Å². The number of carbonyl (C=O) groups is 3. The van der Waals surface area contributed by atoms with Crippen LogP contribution in [0.1, 0.15) is 31.2 Å². The third kappa shape index (κ3) is 8.11. The quantitative estimate of drug-likeness (QED) is 0.447. The van der Waals surface area contributed by atoms with Crippen molar-refractivity contribution in [3.8, 4) is 0 Å². The lowest BCUT2D eigenvalue weighted by molar-refractivity contribution is -0.131. The summed E-state index contributed by atoms with van der Waals surface area (Å²) in [6.07, 6.45) is 2.53. The summed E-state index contributed by atoms with van der Waals surface area (Å²) in [5, 5.41) is 2.79. The first-order valence-corrected chi connectivity index (χ1v) is 8.84. The molecular weight excluding hydrogens is 334 g/mol. The average molecular weight is 363 g/mol. The topological polar surface area (TPSA) is 125 Å². The molecular formula is C19H29N3O4. The molecule has 7 heteroatoms. The zero-order chi connectivity index (χ0) is 19.4. The van der Waals surface area contributed by atoms with Crippen LogP contribution < -0.4 is 16.8 Å². The lowest BCUT2D eigenvalue weighted by atomic mass is 9.82. The van der Waals surface area contributed by atoms with Crippen LogP contribution in [0.5, 0.6) is 0 Å². The summed E-state index contributed by atoms with van der Waals surface area (Å²) in [5.74, 6) is -2.36. The van der Waals surface area contributed by atoms with Crippen molar-refractivity contribution in [3.05, 3.63) is 35.9 Å². The number of primary amides is 2. The number of ether oxygens (including phenoxy) is 1. The van der Waals surface area contributed by atoms with Gasteiger partial charge in [-0.1, -0.05) is 36.8 Å². The zero-order valence-corrected chi connectivity index (χ0v) is 15.3. The van der Waals surface area contributed by atoms with Gasteiger partial charge in [-0.25, -0.2) is 0 Å². The summed E-state index contributed by atoms with van der Waals surface area (Å²) in [7, 11) is 1.54. The summed E-state index contributed by atoms with van der Waals surface area (Å²) in [5.41, 5.74) is 12.0. The molecule has 0 spiro atoms. The van der Waals surface area contributed by atoms with Gasteiger partial charge in [0.2, 0.25) is 17.7 Å². The van der Waals surface area contributed by atoms with E-state index in [0.717, 1.165) is 5.56 Å². The van der Waals surface area contributed by atoms with E-state index < -0.39 is 23.7 Å². The van der Waals surface area contributed by atoms with Crippen molar-refractivity contribution >= 4 is 17.7 Å². The van der Waals surface area contributed by atoms with Gasteiger partial charge in [-0.15, -0.1) is 0 Å². The Kier molecular flexibility index (Phi) is 10.0. The molecule has 0 saturated heterocycles. The van der Waals surface area contributed by atoms with Crippen LogP contribution in [-0.4, -0.2) is 38.0 Å². The standard InChI is InChI=1S/C19H29N3O4/c1-26-12-10-17(23)22-11-6-5-9-15(18(20)24)16(19(21)25)13-14-7-3-2-4-8-14/h2-4,7-8,15-16H,5-6,9-13H2,1H3,(H2,20,24)(H2,21,25)(H,22,23)/t15?,16-/m0/s1. The number of benzene rings is 1. The molecule has 1 rings (SSSR count). The molecule has 0 heterocycles. The Morgan fingerprint density at radius 2 is 1.69 bits per heavy atom. The SMILES string of the molecule is COCCC(=O)NCCCCC(C(N)=O)[C@H](Cc1ccccc1)C(N)=O. The van der Waals surface area contributed by atoms with Gasteiger partial charge in [0.1, 0.15) is 0 Å². The third-order valence-electron chi connectivity index (χ3n) is 4.31. The number of rotatable bonds is 13. The molecule has 0 aliphatic rings. The molecule has 5 N–H and O–H groups in total. The smallest absolute Gasteiger partial charge is 0.222 e. The van der Waals surface area contributed by atoms with E-state index in [4.69, 9.17) is 16.2 Å². The van der Waals surface area contributed by atoms with Crippen molar-refractivity contribution in [3.63, 3.8) is 0 Å². The fourth-order valence-corrected chi connectivity index (χ4v) is 2.85. The van der Waals surface area contributed by atoms with Crippen molar-refractivity contribution in [2.45, 2.75) is 32.1 Å². The first-order chi connectivity index (χ1) is 12.5. The van der Waals surface area contributed by atoms with Crippen LogP contribution in [0, 0.1) is 11.8 Å². The Morgan fingerprint density at radius 3 is 2.27 bits per heavy atom. The van der Waals surface area contributed by atoms with E-state index in [0.29, 0.717) is 45.3 Å². The van der Waals surface area contributed by atoms with E-state index in [1.54, 1.807) is 7.11 Å². The second kappa shape index (κ2) is 12.0. The normalized spacial score (nSPS) is 13.0. The second-order valence-corrected chi connectivity index (χ2v) is 6.30. The summed E-state index contributed by atoms with van der Waals surface area (Å²) < 4.78 is 4.84. The highest BCUT2D eigenvalue weighted by atomic mass is 16.5. The van der Waals surface area contributed by atoms with Crippen molar-refractivity contribution in [2.24, 2.45) is 23.3 Å². The monoisotopic (exact) mass is 363 g/mol. The Bertz CT molecular complexity index is 577. The largest absolute Gasteiger partial charge is 0.384 e. The summed E-state index contributed by atoms with van der Waals surface area (Å²) in [6.45, 7) is 0.892. The van der Waals surface area contributed by atoms with Crippen molar-refractivity contribution in [2.75, 3.05) is 20.3 Å². The van der Waals surface area contributed by atoms with E-state index in [1.165, 1.54) is 0 Å². The highest BCUT2D eigenvalue weighted by Crippen LogP contribution is 2.23. The van der Waals surface area contributed by atoms with Gasteiger partial charge in [-0.3, -0.25) is 14.4 Å². The molecule has 0 aliphatic carbocycles. The highest BCUT2D eigenvalue weighted by molar-refractivity contribution is 5.86. The highest BCUT2D eigenvalue weighted by Gasteiger charge is 2.30. The minimum absolute atomic E-state index is 0.0719. The number of carbonyl (C=O) groups excluding carboxylic acids is 3. The summed E-state index contributed by atoms with van der Waals surface area (Å²) in [6, 6.07) is 9.42. The molecule has 0 saturated carbocycles. The molecule has 7 nitrogen and oxygen atoms in total. The number of nitrogens with two attached hydrogens (primary N) is 2. The van der Waals surface area contributed by atoms with E-state index in [-0.39, 0.29) is 5.91 Å². The lowest BCUT2D eigenvalue weighted by Gasteiger charge is -2.22. The number of hydrogen-bond donors (Lipinski definition) is 3. The maximum atomic E-state index is 11.9. The maximum absolute atomic E-state index is 11.9. The third-order valence-corrected chi connectivity index (χ3v) is 4.31. The van der Waals surface area contributed by atoms with Crippen molar-refractivity contribution in [1.82, 2.24) is 5.32 Å². The number of amides is 3. The minimum atomic E-state index is -0.633. The molecule has 0 aliphatic heterocycles. The molecule has 0 fully saturated rings. The van der Waals surface area contributed by atoms with Gasteiger partial charge in [-0.05, 0) is 24.8 Å². The Hall–Kier alpha value is -2.41. The van der Waals surface area contributed by atoms with Gasteiger partial charge < -0.3 is 21.5 Å². The first kappa shape index (κ1) is 21.6. The Morgan fingerprint density at radius 1 is 1.04 bits per heavy atom. The molecule has 3 amide bonds. The predicted molar refractivity (Wildman–Crippen MR) is 98.9 cm³/mol. The number of nitrogens with one attached hydrogen (secondary N) is 1. The molecule has 26 heavy (non-hydrogen) atoms. The number of unbranched alkanes of at least 4 members (excludes halogenated alkanes) is 1. The Balaban J connectivity index is 2.51. The summed E-state index contributed by atoms with van der Waals surface area (Å²) in [4.78, 5) is 35.2. The molecule has 0 radical (unpaired) electrons. The predicted octanol–water partition coefficient (Wildman–Crippen LogP) is 0.755. The zero-order valence-electron chi connectivity index (χ0n) is 15.3. The minimum Gasteiger partial charge on any atom is -0.384 e. The number of hydrogen-bond acceptors (Lipinski definition) is 4. The molecule has 1 unspecified atom stereocenters. The second-order valence-electron chi connectivity index (χ2n) is 6.30. The van der Waals surface area contributed by atoms with Gasteiger partial charge in [0, 0.05) is 26.0 Å². The number of methoxy groups -OCH3 is 1. The first-order valence-electron chi connectivity index (χ1n) is 8.84. The van der Waals surface area contributed by atoms with E-state index in [2.05, 4.69) is 5.32 Å². The van der Waals surface area contributed by atoms with Crippen LogP contribution in [0.3, 0.4) is 0 Å². The van der Waals surface area contributed by atoms with Gasteiger partial charge in [0.05, 0.1) is 12.5 Å². The molecule has 1 aromatic carbocycles. The fourth-order valence-electron chi connectivity index (χ4n) is 2.85. The Labute approximate surface area is 154 Å². The maximum Gasteiger partial charge on any atom is 0.222 e. The van der Waals surface area contributed by atoms with Crippen LogP contribution in [-0.2, 0) is 25.5 Å².